The number of rotatable bonds is 5. The van der Waals surface area contributed by atoms with E-state index in [-0.39, 0.29) is 23.0 Å². The summed E-state index contributed by atoms with van der Waals surface area (Å²) in [6.07, 6.45) is 1.55. The van der Waals surface area contributed by atoms with E-state index in [9.17, 15) is 9.59 Å². The molecule has 8 nitrogen and oxygen atoms in total. The molecule has 0 aliphatic carbocycles. The molecule has 3 aromatic rings. The molecule has 2 aromatic carbocycles. The van der Waals surface area contributed by atoms with Gasteiger partial charge in [0.1, 0.15) is 10.8 Å². The number of amides is 3. The number of hydrogen-bond donors (Lipinski definition) is 2. The summed E-state index contributed by atoms with van der Waals surface area (Å²) in [5, 5.41) is 15.7. The standard InChI is InChI=1S/C21H19Cl2N5O3S/c1-31-17-9-6-13(23)11-15(17)25-21(30)28-10-2-3-16(28)19-26-27-20(32-19)18(29)24-14-7-4-12(22)5-8-14/h4-9,11,16H,2-3,10H2,1H3,(H,24,29)(H,25,30). The van der Waals surface area contributed by atoms with E-state index in [0.29, 0.717) is 38.7 Å². The smallest absolute Gasteiger partial charge is 0.322 e. The molecule has 0 saturated carbocycles. The van der Waals surface area contributed by atoms with Gasteiger partial charge in [-0.1, -0.05) is 34.5 Å². The van der Waals surface area contributed by atoms with Crippen LogP contribution in [0.15, 0.2) is 42.5 Å². The van der Waals surface area contributed by atoms with Crippen molar-refractivity contribution in [2.75, 3.05) is 24.3 Å². The van der Waals surface area contributed by atoms with Crippen molar-refractivity contribution in [2.45, 2.75) is 18.9 Å². The number of nitrogens with one attached hydrogen (secondary N) is 2. The Balaban J connectivity index is 1.46. The molecule has 0 bridgehead atoms. The summed E-state index contributed by atoms with van der Waals surface area (Å²) in [5.74, 6) is 0.143. The first-order valence-electron chi connectivity index (χ1n) is 9.76. The van der Waals surface area contributed by atoms with Crippen molar-refractivity contribution >= 4 is 57.9 Å². The van der Waals surface area contributed by atoms with Crippen LogP contribution in [0.1, 0.15) is 33.7 Å². The maximum Gasteiger partial charge on any atom is 0.322 e. The summed E-state index contributed by atoms with van der Waals surface area (Å²) in [7, 11) is 1.52. The molecule has 0 radical (unpaired) electrons. The molecule has 11 heteroatoms. The number of carbonyl (C=O) groups is 2. The molecule has 2 heterocycles. The second kappa shape index (κ2) is 9.72. The van der Waals surface area contributed by atoms with Crippen molar-refractivity contribution in [3.05, 3.63) is 62.5 Å². The summed E-state index contributed by atoms with van der Waals surface area (Å²) >= 11 is 13.1. The van der Waals surface area contributed by atoms with Crippen LogP contribution < -0.4 is 15.4 Å². The zero-order valence-electron chi connectivity index (χ0n) is 17.0. The fourth-order valence-electron chi connectivity index (χ4n) is 3.41. The maximum atomic E-state index is 13.0. The highest BCUT2D eigenvalue weighted by Crippen LogP contribution is 2.35. The fourth-order valence-corrected chi connectivity index (χ4v) is 4.59. The molecule has 1 atom stereocenters. The van der Waals surface area contributed by atoms with Gasteiger partial charge in [0.2, 0.25) is 5.01 Å². The number of benzene rings is 2. The summed E-state index contributed by atoms with van der Waals surface area (Å²) in [4.78, 5) is 27.2. The van der Waals surface area contributed by atoms with Crippen LogP contribution in [0.4, 0.5) is 16.2 Å². The first-order valence-corrected chi connectivity index (χ1v) is 11.3. The fraction of sp³-hybridized carbons (Fsp3) is 0.238. The molecular weight excluding hydrogens is 473 g/mol. The molecular formula is C21H19Cl2N5O3S. The Morgan fingerprint density at radius 2 is 1.84 bits per heavy atom. The van der Waals surface area contributed by atoms with E-state index in [1.54, 1.807) is 47.4 Å². The minimum Gasteiger partial charge on any atom is -0.495 e. The minimum atomic E-state index is -0.367. The van der Waals surface area contributed by atoms with Crippen molar-refractivity contribution in [3.8, 4) is 5.75 Å². The zero-order chi connectivity index (χ0) is 22.7. The number of anilines is 2. The lowest BCUT2D eigenvalue weighted by atomic mass is 10.2. The normalized spacial score (nSPS) is 15.5. The molecule has 1 aromatic heterocycles. The third kappa shape index (κ3) is 4.95. The van der Waals surface area contributed by atoms with E-state index >= 15 is 0 Å². The van der Waals surface area contributed by atoms with E-state index in [1.807, 2.05) is 0 Å². The Hall–Kier alpha value is -2.88. The molecule has 2 N–H and O–H groups in total. The van der Waals surface area contributed by atoms with Crippen LogP contribution in [-0.2, 0) is 0 Å². The van der Waals surface area contributed by atoms with E-state index in [0.717, 1.165) is 12.8 Å². The molecule has 1 aliphatic rings. The minimum absolute atomic E-state index is 0.221. The number of ether oxygens (including phenoxy) is 1. The van der Waals surface area contributed by atoms with Gasteiger partial charge in [0.25, 0.3) is 5.91 Å². The SMILES string of the molecule is COc1ccc(Cl)cc1NC(=O)N1CCCC1c1nnc(C(=O)Nc2ccc(Cl)cc2)s1. The summed E-state index contributed by atoms with van der Waals surface area (Å²) in [5.41, 5.74) is 1.09. The third-order valence-corrected chi connectivity index (χ3v) is 6.45. The van der Waals surface area contributed by atoms with Gasteiger partial charge in [0.15, 0.2) is 0 Å². The number of methoxy groups -OCH3 is 1. The Kier molecular flexibility index (Phi) is 6.78. The Labute approximate surface area is 198 Å². The van der Waals surface area contributed by atoms with Gasteiger partial charge >= 0.3 is 6.03 Å². The Morgan fingerprint density at radius 1 is 1.09 bits per heavy atom. The Morgan fingerprint density at radius 3 is 2.59 bits per heavy atom. The van der Waals surface area contributed by atoms with Gasteiger partial charge in [-0.25, -0.2) is 4.79 Å². The van der Waals surface area contributed by atoms with Crippen molar-refractivity contribution in [2.24, 2.45) is 0 Å². The molecule has 1 fully saturated rings. The first-order chi connectivity index (χ1) is 15.4. The first kappa shape index (κ1) is 22.3. The molecule has 3 amide bonds. The highest BCUT2D eigenvalue weighted by molar-refractivity contribution is 7.13. The second-order valence-electron chi connectivity index (χ2n) is 7.03. The number of hydrogen-bond acceptors (Lipinski definition) is 6. The largest absolute Gasteiger partial charge is 0.495 e. The van der Waals surface area contributed by atoms with Crippen molar-refractivity contribution < 1.29 is 14.3 Å². The lowest BCUT2D eigenvalue weighted by Crippen LogP contribution is -2.34. The monoisotopic (exact) mass is 491 g/mol. The van der Waals surface area contributed by atoms with Crippen LogP contribution in [0.25, 0.3) is 0 Å². The molecule has 0 spiro atoms. The highest BCUT2D eigenvalue weighted by Gasteiger charge is 2.33. The van der Waals surface area contributed by atoms with Crippen molar-refractivity contribution in [1.29, 1.82) is 0 Å². The number of likely N-dealkylation sites (tertiary alicyclic amines) is 1. The predicted octanol–water partition coefficient (Wildman–Crippen LogP) is 5.47. The van der Waals surface area contributed by atoms with Crippen LogP contribution in [0.5, 0.6) is 5.75 Å². The topological polar surface area (TPSA) is 96.4 Å². The third-order valence-electron chi connectivity index (χ3n) is 4.94. The average molecular weight is 492 g/mol. The molecule has 1 unspecified atom stereocenters. The highest BCUT2D eigenvalue weighted by atomic mass is 35.5. The Bertz CT molecular complexity index is 1140. The van der Waals surface area contributed by atoms with Crippen molar-refractivity contribution in [3.63, 3.8) is 0 Å². The van der Waals surface area contributed by atoms with Gasteiger partial charge < -0.3 is 20.3 Å². The van der Waals surface area contributed by atoms with Gasteiger partial charge in [-0.15, -0.1) is 10.2 Å². The van der Waals surface area contributed by atoms with Crippen LogP contribution in [-0.4, -0.2) is 40.7 Å². The summed E-state index contributed by atoms with van der Waals surface area (Å²) in [6.45, 7) is 0.561. The van der Waals surface area contributed by atoms with E-state index < -0.39 is 0 Å². The van der Waals surface area contributed by atoms with Crippen LogP contribution in [0.3, 0.4) is 0 Å². The number of nitrogens with zero attached hydrogens (tertiary/aromatic N) is 3. The average Bonchev–Trinajstić information content (AvgIpc) is 3.45. The molecule has 1 saturated heterocycles. The molecule has 32 heavy (non-hydrogen) atoms. The number of aromatic nitrogens is 2. The van der Waals surface area contributed by atoms with E-state index in [1.165, 1.54) is 18.4 Å². The van der Waals surface area contributed by atoms with E-state index in [2.05, 4.69) is 20.8 Å². The van der Waals surface area contributed by atoms with Crippen LogP contribution >= 0.6 is 34.5 Å². The van der Waals surface area contributed by atoms with Gasteiger partial charge in [-0.2, -0.15) is 0 Å². The van der Waals surface area contributed by atoms with Gasteiger partial charge in [0.05, 0.1) is 18.8 Å². The number of carbonyl (C=O) groups excluding carboxylic acids is 2. The molecule has 4 rings (SSSR count). The van der Waals surface area contributed by atoms with Gasteiger partial charge in [0, 0.05) is 22.3 Å². The lowest BCUT2D eigenvalue weighted by molar-refractivity contribution is 0.102. The number of urea groups is 1. The number of halogens is 2. The van der Waals surface area contributed by atoms with Crippen molar-refractivity contribution in [1.82, 2.24) is 15.1 Å². The quantitative estimate of drug-likeness (QED) is 0.492. The van der Waals surface area contributed by atoms with E-state index in [4.69, 9.17) is 27.9 Å². The molecule has 166 valence electrons. The van der Waals surface area contributed by atoms with Crippen LogP contribution in [0.2, 0.25) is 10.0 Å². The van der Waals surface area contributed by atoms with Gasteiger partial charge in [-0.3, -0.25) is 4.79 Å². The zero-order valence-corrected chi connectivity index (χ0v) is 19.3. The lowest BCUT2D eigenvalue weighted by Gasteiger charge is -2.23. The summed E-state index contributed by atoms with van der Waals surface area (Å²) in [6, 6.07) is 11.2. The second-order valence-corrected chi connectivity index (χ2v) is 8.91. The predicted molar refractivity (Wildman–Crippen MR) is 125 cm³/mol. The van der Waals surface area contributed by atoms with Crippen LogP contribution in [0, 0.1) is 0 Å². The maximum absolute atomic E-state index is 13.0. The molecule has 1 aliphatic heterocycles. The summed E-state index contributed by atoms with van der Waals surface area (Å²) < 4.78 is 5.30. The van der Waals surface area contributed by atoms with Gasteiger partial charge in [-0.05, 0) is 55.3 Å².